The van der Waals surface area contributed by atoms with Gasteiger partial charge in [-0.15, -0.1) is 0 Å². The van der Waals surface area contributed by atoms with Crippen molar-refractivity contribution >= 4 is 28.6 Å². The smallest absolute Gasteiger partial charge is 0.339 e. The van der Waals surface area contributed by atoms with Crippen molar-refractivity contribution in [3.8, 4) is 5.88 Å². The SMILES string of the molecule is COc1ncccc1COC(=O)c1ccccc1I. The predicted molar refractivity (Wildman–Crippen MR) is 79.1 cm³/mol. The Kier molecular flexibility index (Phi) is 4.73. The number of hydrogen-bond acceptors (Lipinski definition) is 4. The first-order valence-corrected chi connectivity index (χ1v) is 6.70. The highest BCUT2D eigenvalue weighted by Crippen LogP contribution is 2.17. The van der Waals surface area contributed by atoms with E-state index in [1.54, 1.807) is 18.3 Å². The van der Waals surface area contributed by atoms with Crippen LogP contribution in [0.1, 0.15) is 15.9 Å². The Bertz CT molecular complexity index is 586. The highest BCUT2D eigenvalue weighted by molar-refractivity contribution is 14.1. The molecule has 0 aliphatic heterocycles. The molecule has 1 aromatic heterocycles. The molecule has 0 aliphatic carbocycles. The monoisotopic (exact) mass is 369 g/mol. The number of carbonyl (C=O) groups is 1. The van der Waals surface area contributed by atoms with Crippen molar-refractivity contribution < 1.29 is 14.3 Å². The quantitative estimate of drug-likeness (QED) is 0.614. The average Bonchev–Trinajstić information content (AvgIpc) is 2.45. The second-order valence-corrected chi connectivity index (χ2v) is 4.89. The molecule has 2 aromatic rings. The molecule has 19 heavy (non-hydrogen) atoms. The summed E-state index contributed by atoms with van der Waals surface area (Å²) in [6.07, 6.45) is 1.63. The average molecular weight is 369 g/mol. The van der Waals surface area contributed by atoms with Gasteiger partial charge in [0.25, 0.3) is 0 Å². The zero-order chi connectivity index (χ0) is 13.7. The number of pyridine rings is 1. The highest BCUT2D eigenvalue weighted by Gasteiger charge is 2.12. The normalized spacial score (nSPS) is 10.0. The number of nitrogens with zero attached hydrogens (tertiary/aromatic N) is 1. The maximum atomic E-state index is 12.0. The first-order chi connectivity index (χ1) is 9.22. The summed E-state index contributed by atoms with van der Waals surface area (Å²) in [6, 6.07) is 10.9. The lowest BCUT2D eigenvalue weighted by Crippen LogP contribution is -2.08. The molecule has 0 saturated heterocycles. The number of benzene rings is 1. The number of hydrogen-bond donors (Lipinski definition) is 0. The van der Waals surface area contributed by atoms with Gasteiger partial charge in [-0.1, -0.05) is 12.1 Å². The number of carbonyl (C=O) groups excluding carboxylic acids is 1. The topological polar surface area (TPSA) is 48.4 Å². The number of aromatic nitrogens is 1. The van der Waals surface area contributed by atoms with Crippen LogP contribution in [0.15, 0.2) is 42.6 Å². The predicted octanol–water partition coefficient (Wildman–Crippen LogP) is 3.05. The summed E-state index contributed by atoms with van der Waals surface area (Å²) in [5.74, 6) is 0.119. The van der Waals surface area contributed by atoms with E-state index in [9.17, 15) is 4.79 Å². The molecule has 0 radical (unpaired) electrons. The fraction of sp³-hybridized carbons (Fsp3) is 0.143. The first kappa shape index (κ1) is 13.8. The van der Waals surface area contributed by atoms with Crippen LogP contribution in [0.25, 0.3) is 0 Å². The standard InChI is InChI=1S/C14H12INO3/c1-18-13-10(5-4-8-16-13)9-19-14(17)11-6-2-3-7-12(11)15/h2-8H,9H2,1H3. The largest absolute Gasteiger partial charge is 0.481 e. The van der Waals surface area contributed by atoms with Crippen LogP contribution in [-0.2, 0) is 11.3 Å². The van der Waals surface area contributed by atoms with E-state index >= 15 is 0 Å². The molecule has 0 N–H and O–H groups in total. The Balaban J connectivity index is 2.07. The molecule has 4 nitrogen and oxygen atoms in total. The van der Waals surface area contributed by atoms with E-state index in [4.69, 9.17) is 9.47 Å². The number of rotatable bonds is 4. The van der Waals surface area contributed by atoms with E-state index < -0.39 is 0 Å². The minimum Gasteiger partial charge on any atom is -0.481 e. The number of halogens is 1. The summed E-state index contributed by atoms with van der Waals surface area (Å²) in [4.78, 5) is 16.0. The molecule has 0 bridgehead atoms. The van der Waals surface area contributed by atoms with Gasteiger partial charge in [-0.3, -0.25) is 0 Å². The summed E-state index contributed by atoms with van der Waals surface area (Å²) in [5.41, 5.74) is 1.30. The van der Waals surface area contributed by atoms with Crippen LogP contribution in [0.2, 0.25) is 0 Å². The molecule has 2 rings (SSSR count). The van der Waals surface area contributed by atoms with Crippen molar-refractivity contribution in [3.05, 3.63) is 57.3 Å². The molecular formula is C14H12INO3. The second-order valence-electron chi connectivity index (χ2n) is 3.73. The van der Waals surface area contributed by atoms with Crippen LogP contribution >= 0.6 is 22.6 Å². The molecule has 0 saturated carbocycles. The van der Waals surface area contributed by atoms with E-state index in [1.807, 2.05) is 24.3 Å². The van der Waals surface area contributed by atoms with Gasteiger partial charge in [0, 0.05) is 9.77 Å². The van der Waals surface area contributed by atoms with Gasteiger partial charge < -0.3 is 9.47 Å². The third-order valence-corrected chi connectivity index (χ3v) is 3.44. The van der Waals surface area contributed by atoms with Gasteiger partial charge in [-0.25, -0.2) is 9.78 Å². The van der Waals surface area contributed by atoms with E-state index in [1.165, 1.54) is 7.11 Å². The van der Waals surface area contributed by atoms with E-state index in [0.717, 1.165) is 9.13 Å². The minimum absolute atomic E-state index is 0.140. The van der Waals surface area contributed by atoms with Crippen LogP contribution in [0, 0.1) is 3.57 Å². The maximum Gasteiger partial charge on any atom is 0.339 e. The number of esters is 1. The Hall–Kier alpha value is -1.63. The third-order valence-electron chi connectivity index (χ3n) is 2.50. The van der Waals surface area contributed by atoms with Crippen LogP contribution in [-0.4, -0.2) is 18.1 Å². The van der Waals surface area contributed by atoms with Crippen LogP contribution in [0.4, 0.5) is 0 Å². The van der Waals surface area contributed by atoms with Gasteiger partial charge in [0.05, 0.1) is 18.2 Å². The lowest BCUT2D eigenvalue weighted by atomic mass is 10.2. The van der Waals surface area contributed by atoms with Gasteiger partial charge in [0.1, 0.15) is 6.61 Å². The van der Waals surface area contributed by atoms with Gasteiger partial charge >= 0.3 is 5.97 Å². The van der Waals surface area contributed by atoms with Crippen LogP contribution in [0.5, 0.6) is 5.88 Å². The molecule has 0 fully saturated rings. The van der Waals surface area contributed by atoms with Crippen LogP contribution < -0.4 is 4.74 Å². The van der Waals surface area contributed by atoms with E-state index in [-0.39, 0.29) is 12.6 Å². The number of methoxy groups -OCH3 is 1. The lowest BCUT2D eigenvalue weighted by Gasteiger charge is -2.08. The fourth-order valence-electron chi connectivity index (χ4n) is 1.57. The Labute approximate surface area is 124 Å². The van der Waals surface area contributed by atoms with E-state index in [0.29, 0.717) is 11.4 Å². The minimum atomic E-state index is -0.351. The summed E-state index contributed by atoms with van der Waals surface area (Å²) in [7, 11) is 1.54. The van der Waals surface area contributed by atoms with E-state index in [2.05, 4.69) is 27.6 Å². The van der Waals surface area contributed by atoms with Crippen molar-refractivity contribution in [2.24, 2.45) is 0 Å². The lowest BCUT2D eigenvalue weighted by molar-refractivity contribution is 0.0468. The fourth-order valence-corrected chi connectivity index (χ4v) is 2.17. The first-order valence-electron chi connectivity index (χ1n) is 5.62. The zero-order valence-electron chi connectivity index (χ0n) is 10.3. The summed E-state index contributed by atoms with van der Waals surface area (Å²) in [6.45, 7) is 0.140. The van der Waals surface area contributed by atoms with Crippen molar-refractivity contribution in [3.63, 3.8) is 0 Å². The van der Waals surface area contributed by atoms with Crippen LogP contribution in [0.3, 0.4) is 0 Å². The highest BCUT2D eigenvalue weighted by atomic mass is 127. The molecule has 98 valence electrons. The summed E-state index contributed by atoms with van der Waals surface area (Å²) < 4.78 is 11.2. The Morgan fingerprint density at radius 1 is 1.26 bits per heavy atom. The van der Waals surface area contributed by atoms with Crippen molar-refractivity contribution in [2.45, 2.75) is 6.61 Å². The molecular weight excluding hydrogens is 357 g/mol. The molecule has 0 unspecified atom stereocenters. The maximum absolute atomic E-state index is 12.0. The Morgan fingerprint density at radius 3 is 2.79 bits per heavy atom. The molecule has 0 spiro atoms. The van der Waals surface area contributed by atoms with Gasteiger partial charge in [0.2, 0.25) is 5.88 Å². The molecule has 0 aliphatic rings. The Morgan fingerprint density at radius 2 is 2.05 bits per heavy atom. The molecule has 0 atom stereocenters. The van der Waals surface area contributed by atoms with Gasteiger partial charge in [0.15, 0.2) is 0 Å². The number of ether oxygens (including phenoxy) is 2. The third kappa shape index (κ3) is 3.44. The van der Waals surface area contributed by atoms with Crippen molar-refractivity contribution in [1.82, 2.24) is 4.98 Å². The summed E-state index contributed by atoms with van der Waals surface area (Å²) in [5, 5.41) is 0. The zero-order valence-corrected chi connectivity index (χ0v) is 12.5. The molecule has 0 amide bonds. The van der Waals surface area contributed by atoms with Gasteiger partial charge in [-0.05, 0) is 46.9 Å². The van der Waals surface area contributed by atoms with Gasteiger partial charge in [-0.2, -0.15) is 0 Å². The van der Waals surface area contributed by atoms with Crippen molar-refractivity contribution in [2.75, 3.05) is 7.11 Å². The van der Waals surface area contributed by atoms with Crippen molar-refractivity contribution in [1.29, 1.82) is 0 Å². The molecule has 5 heteroatoms. The molecule has 1 aromatic carbocycles. The summed E-state index contributed by atoms with van der Waals surface area (Å²) >= 11 is 2.11. The molecule has 1 heterocycles. The second kappa shape index (κ2) is 6.51.